The molecule has 3 rings (SSSR count). The first-order valence-electron chi connectivity index (χ1n) is 10.2. The zero-order valence-electron chi connectivity index (χ0n) is 18.1. The van der Waals surface area contributed by atoms with E-state index in [0.717, 1.165) is 6.42 Å². The van der Waals surface area contributed by atoms with E-state index in [4.69, 9.17) is 0 Å². The Bertz CT molecular complexity index is 918. The van der Waals surface area contributed by atoms with Crippen molar-refractivity contribution in [1.29, 1.82) is 0 Å². The number of rotatable bonds is 5. The predicted molar refractivity (Wildman–Crippen MR) is 125 cm³/mol. The van der Waals surface area contributed by atoms with Crippen LogP contribution in [0.4, 0.5) is 17.1 Å². The Kier molecular flexibility index (Phi) is 5.98. The van der Waals surface area contributed by atoms with Gasteiger partial charge in [0.05, 0.1) is 0 Å². The lowest BCUT2D eigenvalue weighted by molar-refractivity contribution is 0.590. The number of nitrogens with zero attached hydrogens (tertiary/aromatic N) is 1. The van der Waals surface area contributed by atoms with Crippen LogP contribution in [0, 0.1) is 6.92 Å². The molecule has 0 fully saturated rings. The van der Waals surface area contributed by atoms with Gasteiger partial charge in [0.15, 0.2) is 0 Å². The molecule has 0 aliphatic rings. The minimum atomic E-state index is 0.153. The zero-order chi connectivity index (χ0) is 20.3. The molecule has 0 heterocycles. The fraction of sp³-hybridized carbons (Fsp3) is 0.308. The van der Waals surface area contributed by atoms with Crippen molar-refractivity contribution in [2.75, 3.05) is 4.90 Å². The van der Waals surface area contributed by atoms with Crippen molar-refractivity contribution in [3.05, 3.63) is 83.4 Å². The van der Waals surface area contributed by atoms with Gasteiger partial charge in [-0.3, -0.25) is 0 Å². The third-order valence-electron chi connectivity index (χ3n) is 5.27. The molecular formula is C26H31BN. The van der Waals surface area contributed by atoms with Gasteiger partial charge in [-0.05, 0) is 71.8 Å². The van der Waals surface area contributed by atoms with Crippen LogP contribution >= 0.6 is 0 Å². The zero-order valence-corrected chi connectivity index (χ0v) is 18.1. The summed E-state index contributed by atoms with van der Waals surface area (Å²) in [4.78, 5) is 2.35. The number of aryl methyl sites for hydroxylation is 2. The molecule has 143 valence electrons. The van der Waals surface area contributed by atoms with E-state index in [0.29, 0.717) is 0 Å². The van der Waals surface area contributed by atoms with Crippen molar-refractivity contribution in [2.45, 2.75) is 53.3 Å². The second-order valence-corrected chi connectivity index (χ2v) is 8.54. The van der Waals surface area contributed by atoms with Crippen molar-refractivity contribution in [1.82, 2.24) is 0 Å². The van der Waals surface area contributed by atoms with Crippen LogP contribution in [0.2, 0.25) is 6.82 Å². The molecule has 3 aromatic carbocycles. The van der Waals surface area contributed by atoms with Gasteiger partial charge in [-0.2, -0.15) is 0 Å². The second kappa shape index (κ2) is 8.26. The Balaban J connectivity index is 2.12. The van der Waals surface area contributed by atoms with Gasteiger partial charge in [0, 0.05) is 17.1 Å². The Morgan fingerprint density at radius 2 is 1.36 bits per heavy atom. The minimum absolute atomic E-state index is 0.153. The molecule has 0 aromatic heterocycles. The van der Waals surface area contributed by atoms with E-state index in [2.05, 4.69) is 120 Å². The highest BCUT2D eigenvalue weighted by atomic mass is 15.1. The van der Waals surface area contributed by atoms with E-state index >= 15 is 0 Å². The van der Waals surface area contributed by atoms with Crippen LogP contribution in [0.15, 0.2) is 66.7 Å². The second-order valence-electron chi connectivity index (χ2n) is 8.54. The van der Waals surface area contributed by atoms with Crippen LogP contribution in [-0.4, -0.2) is 7.28 Å². The first-order chi connectivity index (χ1) is 13.3. The predicted octanol–water partition coefficient (Wildman–Crippen LogP) is 6.70. The monoisotopic (exact) mass is 368 g/mol. The van der Waals surface area contributed by atoms with Crippen molar-refractivity contribution in [3.8, 4) is 0 Å². The molecule has 0 spiro atoms. The van der Waals surface area contributed by atoms with Crippen molar-refractivity contribution >= 4 is 29.8 Å². The quantitative estimate of drug-likeness (QED) is 0.453. The maximum atomic E-state index is 2.35. The highest BCUT2D eigenvalue weighted by molar-refractivity contribution is 6.52. The lowest BCUT2D eigenvalue weighted by atomic mass is 9.73. The largest absolute Gasteiger partial charge is 0.311 e. The summed E-state index contributed by atoms with van der Waals surface area (Å²) in [5.41, 5.74) is 8.95. The SMILES string of the molecule is C[B]c1cc(C)cc(N(c2ccc(CC)cc2)c2ccc(C(C)(C)C)cc2)c1. The summed E-state index contributed by atoms with van der Waals surface area (Å²) in [5, 5.41) is 0. The molecule has 0 saturated carbocycles. The van der Waals surface area contributed by atoms with Crippen molar-refractivity contribution < 1.29 is 0 Å². The van der Waals surface area contributed by atoms with E-state index in [1.807, 2.05) is 0 Å². The van der Waals surface area contributed by atoms with Crippen LogP contribution < -0.4 is 10.4 Å². The normalized spacial score (nSPS) is 11.4. The summed E-state index contributed by atoms with van der Waals surface area (Å²) in [6, 6.07) is 24.7. The summed E-state index contributed by atoms with van der Waals surface area (Å²) in [5.74, 6) is 0. The molecule has 0 atom stereocenters. The Morgan fingerprint density at radius 1 is 0.786 bits per heavy atom. The highest BCUT2D eigenvalue weighted by Gasteiger charge is 2.17. The van der Waals surface area contributed by atoms with E-state index in [1.54, 1.807) is 0 Å². The molecule has 0 N–H and O–H groups in total. The topological polar surface area (TPSA) is 3.24 Å². The molecular weight excluding hydrogens is 337 g/mol. The third kappa shape index (κ3) is 4.50. The molecule has 0 aliphatic heterocycles. The van der Waals surface area contributed by atoms with Crippen LogP contribution in [0.1, 0.15) is 44.4 Å². The molecule has 0 bridgehead atoms. The molecule has 0 unspecified atom stereocenters. The lowest BCUT2D eigenvalue weighted by Crippen LogP contribution is -2.17. The van der Waals surface area contributed by atoms with E-state index in [-0.39, 0.29) is 5.41 Å². The molecule has 1 nitrogen and oxygen atoms in total. The van der Waals surface area contributed by atoms with Crippen LogP contribution in [0.3, 0.4) is 0 Å². The number of hydrogen-bond donors (Lipinski definition) is 0. The number of anilines is 3. The molecule has 2 heteroatoms. The van der Waals surface area contributed by atoms with Gasteiger partial charge in [0.1, 0.15) is 7.28 Å². The van der Waals surface area contributed by atoms with Gasteiger partial charge >= 0.3 is 0 Å². The standard InChI is InChI=1S/C26H31BN/c1-7-20-8-12-23(13-9-20)28(25-17-19(2)16-22(18-25)27-6)24-14-10-21(11-15-24)26(3,4)5/h8-18H,7H2,1-6H3. The fourth-order valence-corrected chi connectivity index (χ4v) is 3.53. The number of hydrogen-bond acceptors (Lipinski definition) is 1. The molecule has 0 amide bonds. The average molecular weight is 368 g/mol. The van der Waals surface area contributed by atoms with Gasteiger partial charge in [0.25, 0.3) is 0 Å². The summed E-state index contributed by atoms with van der Waals surface area (Å²) in [7, 11) is 2.16. The molecule has 0 aliphatic carbocycles. The third-order valence-corrected chi connectivity index (χ3v) is 5.27. The van der Waals surface area contributed by atoms with Crippen LogP contribution in [0.5, 0.6) is 0 Å². The Hall–Kier alpha value is -2.48. The summed E-state index contributed by atoms with van der Waals surface area (Å²) in [6.45, 7) is 13.2. The summed E-state index contributed by atoms with van der Waals surface area (Å²) >= 11 is 0. The molecule has 3 aromatic rings. The first-order valence-corrected chi connectivity index (χ1v) is 10.2. The highest BCUT2D eigenvalue weighted by Crippen LogP contribution is 2.36. The van der Waals surface area contributed by atoms with Crippen LogP contribution in [0.25, 0.3) is 0 Å². The molecule has 0 saturated heterocycles. The van der Waals surface area contributed by atoms with Gasteiger partial charge in [0.2, 0.25) is 0 Å². The minimum Gasteiger partial charge on any atom is -0.311 e. The molecule has 28 heavy (non-hydrogen) atoms. The average Bonchev–Trinajstić information content (AvgIpc) is 2.68. The van der Waals surface area contributed by atoms with Crippen molar-refractivity contribution in [2.24, 2.45) is 0 Å². The summed E-state index contributed by atoms with van der Waals surface area (Å²) in [6.07, 6.45) is 1.06. The molecule has 1 radical (unpaired) electrons. The van der Waals surface area contributed by atoms with Gasteiger partial charge in [-0.15, -0.1) is 0 Å². The van der Waals surface area contributed by atoms with Gasteiger partial charge < -0.3 is 4.90 Å². The smallest absolute Gasteiger partial charge is 0.148 e. The first kappa shape index (κ1) is 20.3. The Morgan fingerprint density at radius 3 is 1.86 bits per heavy atom. The van der Waals surface area contributed by atoms with Gasteiger partial charge in [-0.1, -0.05) is 70.3 Å². The fourth-order valence-electron chi connectivity index (χ4n) is 3.53. The summed E-state index contributed by atoms with van der Waals surface area (Å²) < 4.78 is 0. The van der Waals surface area contributed by atoms with E-state index < -0.39 is 0 Å². The van der Waals surface area contributed by atoms with Gasteiger partial charge in [-0.25, -0.2) is 0 Å². The Labute approximate surface area is 171 Å². The van der Waals surface area contributed by atoms with Crippen molar-refractivity contribution in [3.63, 3.8) is 0 Å². The lowest BCUT2D eigenvalue weighted by Gasteiger charge is -2.28. The van der Waals surface area contributed by atoms with E-state index in [1.165, 1.54) is 39.2 Å². The number of benzene rings is 3. The van der Waals surface area contributed by atoms with E-state index in [9.17, 15) is 0 Å². The maximum Gasteiger partial charge on any atom is 0.148 e. The maximum absolute atomic E-state index is 2.35. The van der Waals surface area contributed by atoms with Crippen LogP contribution in [-0.2, 0) is 11.8 Å².